The van der Waals surface area contributed by atoms with Gasteiger partial charge in [0.2, 0.25) is 5.91 Å². The van der Waals surface area contributed by atoms with Crippen LogP contribution in [-0.2, 0) is 11.3 Å². The third kappa shape index (κ3) is 4.50. The minimum absolute atomic E-state index is 0.146. The highest BCUT2D eigenvalue weighted by Gasteiger charge is 2.22. The summed E-state index contributed by atoms with van der Waals surface area (Å²) in [6.07, 6.45) is 6.39. The smallest absolute Gasteiger partial charge is 0.233 e. The van der Waals surface area contributed by atoms with E-state index in [4.69, 9.17) is 4.98 Å². The molecule has 1 aromatic carbocycles. The van der Waals surface area contributed by atoms with E-state index in [9.17, 15) is 4.79 Å². The highest BCUT2D eigenvalue weighted by atomic mass is 32.2. The van der Waals surface area contributed by atoms with Crippen LogP contribution in [0.15, 0.2) is 35.5 Å². The summed E-state index contributed by atoms with van der Waals surface area (Å²) >= 11 is 1.58. The molecule has 2 aromatic rings. The van der Waals surface area contributed by atoms with Crippen molar-refractivity contribution < 1.29 is 4.79 Å². The Morgan fingerprint density at radius 3 is 2.58 bits per heavy atom. The van der Waals surface area contributed by atoms with E-state index in [2.05, 4.69) is 30.5 Å². The van der Waals surface area contributed by atoms with Crippen LogP contribution in [0, 0.1) is 13.8 Å². The zero-order valence-electron chi connectivity index (χ0n) is 16.1. The summed E-state index contributed by atoms with van der Waals surface area (Å²) < 4.78 is 2.39. The number of hydrogen-bond acceptors (Lipinski definition) is 3. The van der Waals surface area contributed by atoms with Crippen molar-refractivity contribution in [3.05, 3.63) is 47.3 Å². The number of benzene rings is 1. The molecule has 26 heavy (non-hydrogen) atoms. The summed E-state index contributed by atoms with van der Waals surface area (Å²) in [4.78, 5) is 19.1. The first-order valence-electron chi connectivity index (χ1n) is 9.52. The van der Waals surface area contributed by atoms with Gasteiger partial charge in [-0.05, 0) is 32.3 Å². The van der Waals surface area contributed by atoms with Crippen LogP contribution in [0.25, 0.3) is 0 Å². The van der Waals surface area contributed by atoms with Crippen LogP contribution in [0.2, 0.25) is 0 Å². The molecule has 1 fully saturated rings. The Balaban J connectivity index is 1.63. The van der Waals surface area contributed by atoms with Crippen LogP contribution < -0.4 is 0 Å². The fourth-order valence-corrected chi connectivity index (χ4v) is 4.75. The number of aryl methyl sites for hydroxylation is 1. The summed E-state index contributed by atoms with van der Waals surface area (Å²) in [7, 11) is 1.88. The first-order chi connectivity index (χ1) is 12.6. The van der Waals surface area contributed by atoms with Crippen molar-refractivity contribution >= 4 is 17.7 Å². The molecule has 1 saturated carbocycles. The normalized spacial score (nSPS) is 15.2. The van der Waals surface area contributed by atoms with E-state index in [1.807, 2.05) is 25.2 Å². The molecule has 1 aromatic heterocycles. The van der Waals surface area contributed by atoms with E-state index in [-0.39, 0.29) is 5.91 Å². The molecule has 0 unspecified atom stereocenters. The van der Waals surface area contributed by atoms with Gasteiger partial charge in [0.25, 0.3) is 0 Å². The van der Waals surface area contributed by atoms with Crippen LogP contribution in [0.5, 0.6) is 0 Å². The molecule has 1 amide bonds. The van der Waals surface area contributed by atoms with E-state index in [0.29, 0.717) is 18.3 Å². The van der Waals surface area contributed by atoms with Gasteiger partial charge in [0.1, 0.15) is 0 Å². The second-order valence-corrected chi connectivity index (χ2v) is 8.19. The molecule has 1 aliphatic carbocycles. The molecule has 0 spiro atoms. The molecule has 0 saturated heterocycles. The van der Waals surface area contributed by atoms with E-state index < -0.39 is 0 Å². The number of carbonyl (C=O) groups is 1. The molecule has 5 heteroatoms. The average molecular weight is 372 g/mol. The number of nitrogens with zero attached hydrogens (tertiary/aromatic N) is 3. The SMILES string of the molecule is Cc1nc(SCC(=O)N(C)Cc2ccccc2)n(C2CCCCC2)c1C. The third-order valence-electron chi connectivity index (χ3n) is 5.31. The van der Waals surface area contributed by atoms with Crippen LogP contribution in [0.1, 0.15) is 55.1 Å². The van der Waals surface area contributed by atoms with Crippen molar-refractivity contribution in [3.8, 4) is 0 Å². The Bertz CT molecular complexity index is 735. The number of thioether (sulfide) groups is 1. The fourth-order valence-electron chi connectivity index (χ4n) is 3.65. The van der Waals surface area contributed by atoms with Gasteiger partial charge in [0.15, 0.2) is 5.16 Å². The number of imidazole rings is 1. The molecule has 0 radical (unpaired) electrons. The van der Waals surface area contributed by atoms with E-state index in [0.717, 1.165) is 16.4 Å². The molecule has 0 atom stereocenters. The second-order valence-electron chi connectivity index (χ2n) is 7.25. The third-order valence-corrected chi connectivity index (χ3v) is 6.24. The molecule has 0 N–H and O–H groups in total. The number of carbonyl (C=O) groups excluding carboxylic acids is 1. The largest absolute Gasteiger partial charge is 0.341 e. The van der Waals surface area contributed by atoms with E-state index in [1.54, 1.807) is 16.7 Å². The topological polar surface area (TPSA) is 38.1 Å². The maximum Gasteiger partial charge on any atom is 0.233 e. The number of hydrogen-bond donors (Lipinski definition) is 0. The van der Waals surface area contributed by atoms with Gasteiger partial charge in [-0.25, -0.2) is 4.98 Å². The quantitative estimate of drug-likeness (QED) is 0.687. The molecule has 1 heterocycles. The van der Waals surface area contributed by atoms with Crippen molar-refractivity contribution in [1.29, 1.82) is 0 Å². The summed E-state index contributed by atoms with van der Waals surface area (Å²) in [5, 5.41) is 1.01. The van der Waals surface area contributed by atoms with Crippen LogP contribution >= 0.6 is 11.8 Å². The van der Waals surface area contributed by atoms with E-state index in [1.165, 1.54) is 37.8 Å². The standard InChI is InChI=1S/C21H29N3OS/c1-16-17(2)24(19-12-8-5-9-13-19)21(22-16)26-15-20(25)23(3)14-18-10-6-4-7-11-18/h4,6-7,10-11,19H,5,8-9,12-15H2,1-3H3. The predicted octanol–water partition coefficient (Wildman–Crippen LogP) is 4.76. The summed E-state index contributed by atoms with van der Waals surface area (Å²) in [5.74, 6) is 0.582. The molecule has 0 bridgehead atoms. The van der Waals surface area contributed by atoms with Gasteiger partial charge < -0.3 is 9.47 Å². The second kappa shape index (κ2) is 8.76. The average Bonchev–Trinajstić information content (AvgIpc) is 2.95. The first kappa shape index (κ1) is 19.0. The lowest BCUT2D eigenvalue weighted by atomic mass is 9.95. The Hall–Kier alpha value is -1.75. The van der Waals surface area contributed by atoms with Gasteiger partial charge in [-0.1, -0.05) is 61.4 Å². The maximum atomic E-state index is 12.6. The van der Waals surface area contributed by atoms with Crippen LogP contribution in [0.4, 0.5) is 0 Å². The lowest BCUT2D eigenvalue weighted by Crippen LogP contribution is -2.28. The lowest BCUT2D eigenvalue weighted by Gasteiger charge is -2.26. The van der Waals surface area contributed by atoms with Gasteiger partial charge in [-0.15, -0.1) is 0 Å². The number of rotatable bonds is 6. The molecule has 0 aliphatic heterocycles. The zero-order chi connectivity index (χ0) is 18.5. The van der Waals surface area contributed by atoms with Gasteiger partial charge in [0, 0.05) is 25.3 Å². The number of amides is 1. The predicted molar refractivity (Wildman–Crippen MR) is 107 cm³/mol. The summed E-state index contributed by atoms with van der Waals surface area (Å²) in [5.41, 5.74) is 3.50. The molecular formula is C21H29N3OS. The minimum atomic E-state index is 0.146. The van der Waals surface area contributed by atoms with Crippen LogP contribution in [-0.4, -0.2) is 33.2 Å². The Labute approximate surface area is 161 Å². The highest BCUT2D eigenvalue weighted by Crippen LogP contribution is 2.34. The van der Waals surface area contributed by atoms with Crippen molar-refractivity contribution in [2.75, 3.05) is 12.8 Å². The molecular weight excluding hydrogens is 342 g/mol. The highest BCUT2D eigenvalue weighted by molar-refractivity contribution is 7.99. The van der Waals surface area contributed by atoms with Gasteiger partial charge in [0.05, 0.1) is 11.4 Å². The first-order valence-corrected chi connectivity index (χ1v) is 10.5. The van der Waals surface area contributed by atoms with Gasteiger partial charge in [-0.2, -0.15) is 0 Å². The fraction of sp³-hybridized carbons (Fsp3) is 0.524. The molecule has 140 valence electrons. The summed E-state index contributed by atoms with van der Waals surface area (Å²) in [6, 6.07) is 10.7. The van der Waals surface area contributed by atoms with Crippen molar-refractivity contribution in [3.63, 3.8) is 0 Å². The monoisotopic (exact) mass is 371 g/mol. The van der Waals surface area contributed by atoms with Gasteiger partial charge in [-0.3, -0.25) is 4.79 Å². The zero-order valence-corrected chi connectivity index (χ0v) is 16.9. The van der Waals surface area contributed by atoms with Gasteiger partial charge >= 0.3 is 0 Å². The van der Waals surface area contributed by atoms with Crippen molar-refractivity contribution in [2.45, 2.75) is 63.7 Å². The molecule has 4 nitrogen and oxygen atoms in total. The molecule has 3 rings (SSSR count). The Morgan fingerprint density at radius 1 is 1.19 bits per heavy atom. The Kier molecular flexibility index (Phi) is 6.41. The maximum absolute atomic E-state index is 12.6. The summed E-state index contributed by atoms with van der Waals surface area (Å²) in [6.45, 7) is 4.88. The van der Waals surface area contributed by atoms with Crippen molar-refractivity contribution in [2.24, 2.45) is 0 Å². The molecule has 1 aliphatic rings. The van der Waals surface area contributed by atoms with E-state index >= 15 is 0 Å². The van der Waals surface area contributed by atoms with Crippen molar-refractivity contribution in [1.82, 2.24) is 14.5 Å². The minimum Gasteiger partial charge on any atom is -0.341 e. The number of aromatic nitrogens is 2. The van der Waals surface area contributed by atoms with Crippen LogP contribution in [0.3, 0.4) is 0 Å². The lowest BCUT2D eigenvalue weighted by molar-refractivity contribution is -0.127. The Morgan fingerprint density at radius 2 is 1.88 bits per heavy atom.